The molecule has 1 rings (SSSR count). The van der Waals surface area contributed by atoms with Gasteiger partial charge >= 0.3 is 5.97 Å². The van der Waals surface area contributed by atoms with E-state index >= 15 is 0 Å². The number of carboxylic acid groups (broad SMARTS) is 1. The van der Waals surface area contributed by atoms with E-state index < -0.39 is 17.7 Å². The molecule has 0 bridgehead atoms. The van der Waals surface area contributed by atoms with E-state index in [0.717, 1.165) is 0 Å². The van der Waals surface area contributed by atoms with E-state index in [-0.39, 0.29) is 30.1 Å². The number of benzene rings is 1. The van der Waals surface area contributed by atoms with Gasteiger partial charge in [0.15, 0.2) is 5.78 Å². The Bertz CT molecular complexity index is 460. The van der Waals surface area contributed by atoms with E-state index in [4.69, 9.17) is 16.7 Å². The largest absolute Gasteiger partial charge is 0.481 e. The van der Waals surface area contributed by atoms with Crippen molar-refractivity contribution in [2.24, 2.45) is 0 Å². The molecule has 0 spiro atoms. The summed E-state index contributed by atoms with van der Waals surface area (Å²) < 4.78 is 14.1. The lowest BCUT2D eigenvalue weighted by Gasteiger charge is -2.12. The molecular formula is C13H14ClFO3. The Morgan fingerprint density at radius 2 is 2.11 bits per heavy atom. The zero-order valence-electron chi connectivity index (χ0n) is 9.95. The van der Waals surface area contributed by atoms with Crippen molar-refractivity contribution in [2.75, 3.05) is 5.88 Å². The molecule has 0 aliphatic heterocycles. The summed E-state index contributed by atoms with van der Waals surface area (Å²) in [6.07, 6.45) is -0.0327. The van der Waals surface area contributed by atoms with Gasteiger partial charge in [-0.15, -0.1) is 11.6 Å². The Morgan fingerprint density at radius 3 is 2.67 bits per heavy atom. The van der Waals surface area contributed by atoms with E-state index in [1.807, 2.05) is 0 Å². The van der Waals surface area contributed by atoms with Gasteiger partial charge < -0.3 is 5.11 Å². The maximum absolute atomic E-state index is 14.1. The Balaban J connectivity index is 2.97. The van der Waals surface area contributed by atoms with Crippen LogP contribution in [-0.4, -0.2) is 22.7 Å². The number of hydrogen-bond donors (Lipinski definition) is 1. The monoisotopic (exact) mass is 272 g/mol. The molecule has 3 nitrogen and oxygen atoms in total. The second-order valence-corrected chi connectivity index (χ2v) is 4.30. The third kappa shape index (κ3) is 3.53. The van der Waals surface area contributed by atoms with Crippen LogP contribution in [0.25, 0.3) is 0 Å². The number of aryl methyl sites for hydroxylation is 1. The second kappa shape index (κ2) is 6.50. The molecule has 0 amide bonds. The average molecular weight is 273 g/mol. The highest BCUT2D eigenvalue weighted by molar-refractivity contribution is 6.28. The van der Waals surface area contributed by atoms with Crippen LogP contribution in [0, 0.1) is 5.82 Å². The Kier molecular flexibility index (Phi) is 5.28. The van der Waals surface area contributed by atoms with E-state index in [1.165, 1.54) is 12.1 Å². The van der Waals surface area contributed by atoms with E-state index in [2.05, 4.69) is 0 Å². The van der Waals surface area contributed by atoms with Gasteiger partial charge in [0.2, 0.25) is 0 Å². The summed E-state index contributed by atoms with van der Waals surface area (Å²) in [5.41, 5.74) is 0.577. The van der Waals surface area contributed by atoms with Crippen LogP contribution in [-0.2, 0) is 16.0 Å². The molecule has 98 valence electrons. The molecule has 0 saturated heterocycles. The highest BCUT2D eigenvalue weighted by Crippen LogP contribution is 2.23. The lowest BCUT2D eigenvalue weighted by molar-refractivity contribution is -0.137. The third-order valence-electron chi connectivity index (χ3n) is 2.80. The predicted octanol–water partition coefficient (Wildman–Crippen LogP) is 2.75. The van der Waals surface area contributed by atoms with Gasteiger partial charge in [-0.1, -0.05) is 25.1 Å². The number of ketones is 1. The molecule has 18 heavy (non-hydrogen) atoms. The van der Waals surface area contributed by atoms with Gasteiger partial charge in [0.05, 0.1) is 5.88 Å². The fraction of sp³-hybridized carbons (Fsp3) is 0.385. The van der Waals surface area contributed by atoms with Crippen LogP contribution in [0.15, 0.2) is 18.2 Å². The van der Waals surface area contributed by atoms with Gasteiger partial charge in [-0.3, -0.25) is 9.59 Å². The fourth-order valence-corrected chi connectivity index (χ4v) is 1.89. The van der Waals surface area contributed by atoms with Gasteiger partial charge in [0.1, 0.15) is 5.82 Å². The Labute approximate surface area is 110 Å². The smallest absolute Gasteiger partial charge is 0.303 e. The maximum atomic E-state index is 14.1. The van der Waals surface area contributed by atoms with Crippen LogP contribution in [0.1, 0.15) is 30.4 Å². The lowest BCUT2D eigenvalue weighted by Crippen LogP contribution is -2.13. The van der Waals surface area contributed by atoms with Crippen molar-refractivity contribution in [3.05, 3.63) is 35.1 Å². The SMILES string of the molecule is CC(C(=O)CCl)c1cccc(CCC(=O)O)c1F. The van der Waals surface area contributed by atoms with E-state index in [1.54, 1.807) is 13.0 Å². The van der Waals surface area contributed by atoms with Crippen LogP contribution < -0.4 is 0 Å². The first kappa shape index (κ1) is 14.6. The normalized spacial score (nSPS) is 12.2. The van der Waals surface area contributed by atoms with Gasteiger partial charge in [-0.05, 0) is 17.5 Å². The van der Waals surface area contributed by atoms with Crippen molar-refractivity contribution in [3.63, 3.8) is 0 Å². The van der Waals surface area contributed by atoms with Gasteiger partial charge in [-0.25, -0.2) is 4.39 Å². The van der Waals surface area contributed by atoms with Crippen LogP contribution >= 0.6 is 11.6 Å². The second-order valence-electron chi connectivity index (χ2n) is 4.04. The van der Waals surface area contributed by atoms with Crippen molar-refractivity contribution in [3.8, 4) is 0 Å². The first-order valence-corrected chi connectivity index (χ1v) is 6.08. The van der Waals surface area contributed by atoms with E-state index in [9.17, 15) is 14.0 Å². The van der Waals surface area contributed by atoms with Crippen LogP contribution in [0.4, 0.5) is 4.39 Å². The summed E-state index contributed by atoms with van der Waals surface area (Å²) in [6.45, 7) is 1.59. The average Bonchev–Trinajstić information content (AvgIpc) is 2.35. The zero-order chi connectivity index (χ0) is 13.7. The first-order valence-electron chi connectivity index (χ1n) is 5.55. The number of halogens is 2. The molecule has 0 radical (unpaired) electrons. The minimum absolute atomic E-state index is 0.108. The lowest BCUT2D eigenvalue weighted by atomic mass is 9.94. The summed E-state index contributed by atoms with van der Waals surface area (Å²) in [6, 6.07) is 4.67. The van der Waals surface area contributed by atoms with Crippen LogP contribution in [0.3, 0.4) is 0 Å². The van der Waals surface area contributed by atoms with Crippen molar-refractivity contribution in [1.82, 2.24) is 0 Å². The van der Waals surface area contributed by atoms with Gasteiger partial charge in [0, 0.05) is 12.3 Å². The number of aliphatic carboxylic acids is 1. The van der Waals surface area contributed by atoms with Crippen molar-refractivity contribution in [1.29, 1.82) is 0 Å². The summed E-state index contributed by atoms with van der Waals surface area (Å²) in [4.78, 5) is 21.9. The van der Waals surface area contributed by atoms with E-state index in [0.29, 0.717) is 5.56 Å². The number of carbonyl (C=O) groups is 2. The molecule has 1 aromatic rings. The standard InChI is InChI=1S/C13H14ClFO3/c1-8(11(16)7-14)10-4-2-3-9(13(10)15)5-6-12(17)18/h2-4,8H,5-7H2,1H3,(H,17,18). The van der Waals surface area contributed by atoms with Crippen LogP contribution in [0.5, 0.6) is 0 Å². The Morgan fingerprint density at radius 1 is 1.44 bits per heavy atom. The highest BCUT2D eigenvalue weighted by atomic mass is 35.5. The minimum atomic E-state index is -0.982. The summed E-state index contributed by atoms with van der Waals surface area (Å²) in [5.74, 6) is -2.53. The summed E-state index contributed by atoms with van der Waals surface area (Å²) >= 11 is 5.44. The fourth-order valence-electron chi connectivity index (χ4n) is 1.66. The first-order chi connectivity index (χ1) is 8.47. The molecule has 0 aliphatic rings. The molecule has 1 aromatic carbocycles. The van der Waals surface area contributed by atoms with Crippen molar-refractivity contribution in [2.45, 2.75) is 25.7 Å². The number of hydrogen-bond acceptors (Lipinski definition) is 2. The molecule has 1 atom stereocenters. The highest BCUT2D eigenvalue weighted by Gasteiger charge is 2.19. The number of carbonyl (C=O) groups excluding carboxylic acids is 1. The number of Topliss-reactive ketones (excluding diaryl/α,β-unsaturated/α-hetero) is 1. The molecule has 5 heteroatoms. The van der Waals surface area contributed by atoms with Gasteiger partial charge in [0.25, 0.3) is 0 Å². The molecule has 0 heterocycles. The maximum Gasteiger partial charge on any atom is 0.303 e. The van der Waals surface area contributed by atoms with Gasteiger partial charge in [-0.2, -0.15) is 0 Å². The Hall–Kier alpha value is -1.42. The molecular weight excluding hydrogens is 259 g/mol. The number of carboxylic acids is 1. The molecule has 0 aliphatic carbocycles. The van der Waals surface area contributed by atoms with Crippen molar-refractivity contribution >= 4 is 23.4 Å². The summed E-state index contributed by atoms with van der Waals surface area (Å²) in [7, 11) is 0. The van der Waals surface area contributed by atoms with Crippen LogP contribution in [0.2, 0.25) is 0 Å². The summed E-state index contributed by atoms with van der Waals surface area (Å²) in [5, 5.41) is 8.58. The molecule has 0 saturated carbocycles. The zero-order valence-corrected chi connectivity index (χ0v) is 10.7. The molecule has 0 fully saturated rings. The topological polar surface area (TPSA) is 54.4 Å². The molecule has 0 aromatic heterocycles. The minimum Gasteiger partial charge on any atom is -0.481 e. The molecule has 1 N–H and O–H groups in total. The molecule has 1 unspecified atom stereocenters. The van der Waals surface area contributed by atoms with Crippen molar-refractivity contribution < 1.29 is 19.1 Å². The predicted molar refractivity (Wildman–Crippen MR) is 66.5 cm³/mol. The number of rotatable bonds is 6. The quantitative estimate of drug-likeness (QED) is 0.810. The number of alkyl halides is 1. The third-order valence-corrected chi connectivity index (χ3v) is 3.06.